The molecule has 1 aromatic rings. The Bertz CT molecular complexity index is 579. The normalized spacial score (nSPS) is 21.8. The molecular formula is C14H17BrN2O3S. The van der Waals surface area contributed by atoms with Gasteiger partial charge in [0.15, 0.2) is 0 Å². The molecule has 1 aliphatic heterocycles. The van der Waals surface area contributed by atoms with Crippen molar-refractivity contribution >= 4 is 45.3 Å². The van der Waals surface area contributed by atoms with Crippen LogP contribution in [0.1, 0.15) is 24.2 Å². The molecule has 0 bridgehead atoms. The largest absolute Gasteiger partial charge is 0.480 e. The predicted octanol–water partition coefficient (Wildman–Crippen LogP) is 2.66. The lowest BCUT2D eigenvalue weighted by atomic mass is 10.1. The Morgan fingerprint density at radius 2 is 2.14 bits per heavy atom. The highest BCUT2D eigenvalue weighted by atomic mass is 79.9. The van der Waals surface area contributed by atoms with E-state index in [0.717, 1.165) is 0 Å². The van der Waals surface area contributed by atoms with Crippen molar-refractivity contribution in [2.45, 2.75) is 25.3 Å². The number of rotatable bonds is 3. The number of nitrogens with zero attached hydrogens (tertiary/aromatic N) is 1. The topological polar surface area (TPSA) is 83.6 Å². The van der Waals surface area contributed by atoms with Crippen molar-refractivity contribution in [1.82, 2.24) is 4.90 Å². The molecule has 1 fully saturated rings. The Hall–Kier alpha value is -1.21. The molecule has 0 aliphatic carbocycles. The van der Waals surface area contributed by atoms with E-state index in [-0.39, 0.29) is 17.2 Å². The first-order valence-corrected chi connectivity index (χ1v) is 8.39. The number of carboxylic acid groups (broad SMARTS) is 1. The summed E-state index contributed by atoms with van der Waals surface area (Å²) in [6.45, 7) is 3.97. The van der Waals surface area contributed by atoms with Crippen molar-refractivity contribution in [3.8, 4) is 0 Å². The highest BCUT2D eigenvalue weighted by Gasteiger charge is 2.43. The van der Waals surface area contributed by atoms with Crippen LogP contribution in [0, 0.1) is 5.92 Å². The number of anilines is 1. The van der Waals surface area contributed by atoms with Gasteiger partial charge in [-0.25, -0.2) is 4.79 Å². The summed E-state index contributed by atoms with van der Waals surface area (Å²) < 4.78 is 0.633. The standard InChI is InChI=1S/C14H17BrN2O3S/c1-7(2)13-17(11(6-21-13)14(19)20)12(18)8-3-4-10(16)9(15)5-8/h3-5,7,11,13H,6,16H2,1-2H3,(H,19,20). The Morgan fingerprint density at radius 3 is 2.67 bits per heavy atom. The number of carboxylic acids is 1. The molecule has 2 unspecified atom stereocenters. The molecule has 0 aromatic heterocycles. The maximum Gasteiger partial charge on any atom is 0.327 e. The first-order valence-electron chi connectivity index (χ1n) is 6.55. The highest BCUT2D eigenvalue weighted by molar-refractivity contribution is 9.10. The van der Waals surface area contributed by atoms with Crippen molar-refractivity contribution in [1.29, 1.82) is 0 Å². The molecule has 5 nitrogen and oxygen atoms in total. The van der Waals surface area contributed by atoms with Crippen LogP contribution in [0.4, 0.5) is 5.69 Å². The van der Waals surface area contributed by atoms with E-state index >= 15 is 0 Å². The number of amides is 1. The second-order valence-corrected chi connectivity index (χ2v) is 7.27. The van der Waals surface area contributed by atoms with Crippen LogP contribution in [0.3, 0.4) is 0 Å². The Kier molecular flexibility index (Phi) is 4.83. The third-order valence-electron chi connectivity index (χ3n) is 3.37. The molecule has 1 heterocycles. The molecule has 1 aromatic carbocycles. The maximum atomic E-state index is 12.7. The van der Waals surface area contributed by atoms with E-state index in [1.807, 2.05) is 13.8 Å². The Morgan fingerprint density at radius 1 is 1.48 bits per heavy atom. The Balaban J connectivity index is 2.36. The van der Waals surface area contributed by atoms with E-state index in [1.54, 1.807) is 18.2 Å². The lowest BCUT2D eigenvalue weighted by Gasteiger charge is -2.29. The quantitative estimate of drug-likeness (QED) is 0.796. The number of nitrogens with two attached hydrogens (primary N) is 1. The van der Waals surface area contributed by atoms with Gasteiger partial charge in [-0.2, -0.15) is 0 Å². The minimum absolute atomic E-state index is 0.130. The summed E-state index contributed by atoms with van der Waals surface area (Å²) in [6, 6.07) is 4.12. The molecule has 2 atom stereocenters. The first kappa shape index (κ1) is 16.2. The number of benzene rings is 1. The molecule has 3 N–H and O–H groups in total. The minimum atomic E-state index is -0.964. The van der Waals surface area contributed by atoms with Gasteiger partial charge < -0.3 is 15.7 Å². The number of carbonyl (C=O) groups excluding carboxylic acids is 1. The minimum Gasteiger partial charge on any atom is -0.480 e. The number of hydrogen-bond acceptors (Lipinski definition) is 4. The van der Waals surface area contributed by atoms with Gasteiger partial charge in [0.1, 0.15) is 6.04 Å². The summed E-state index contributed by atoms with van der Waals surface area (Å²) in [4.78, 5) is 25.6. The summed E-state index contributed by atoms with van der Waals surface area (Å²) in [5, 5.41) is 9.21. The molecule has 7 heteroatoms. The molecule has 1 aliphatic rings. The molecular weight excluding hydrogens is 356 g/mol. The molecule has 0 spiro atoms. The van der Waals surface area contributed by atoms with E-state index in [4.69, 9.17) is 5.73 Å². The van der Waals surface area contributed by atoms with Crippen LogP contribution in [-0.2, 0) is 4.79 Å². The van der Waals surface area contributed by atoms with E-state index in [1.165, 1.54) is 16.7 Å². The monoisotopic (exact) mass is 372 g/mol. The zero-order valence-electron chi connectivity index (χ0n) is 11.7. The van der Waals surface area contributed by atoms with Gasteiger partial charge in [0.25, 0.3) is 5.91 Å². The molecule has 114 valence electrons. The fourth-order valence-electron chi connectivity index (χ4n) is 2.30. The number of aliphatic carboxylic acids is 1. The van der Waals surface area contributed by atoms with Crippen molar-refractivity contribution in [3.63, 3.8) is 0 Å². The fourth-order valence-corrected chi connectivity index (χ4v) is 4.15. The third-order valence-corrected chi connectivity index (χ3v) is 5.68. The zero-order valence-corrected chi connectivity index (χ0v) is 14.1. The summed E-state index contributed by atoms with van der Waals surface area (Å²) in [7, 11) is 0. The predicted molar refractivity (Wildman–Crippen MR) is 87.2 cm³/mol. The number of thioether (sulfide) groups is 1. The van der Waals surface area contributed by atoms with Crippen LogP contribution >= 0.6 is 27.7 Å². The molecule has 1 saturated heterocycles. The smallest absolute Gasteiger partial charge is 0.327 e. The van der Waals surface area contributed by atoms with Gasteiger partial charge in [0, 0.05) is 21.5 Å². The summed E-state index contributed by atoms with van der Waals surface area (Å²) >= 11 is 4.81. The van der Waals surface area contributed by atoms with Gasteiger partial charge in [-0.1, -0.05) is 13.8 Å². The summed E-state index contributed by atoms with van der Waals surface area (Å²) in [5.74, 6) is -0.638. The fraction of sp³-hybridized carbons (Fsp3) is 0.429. The van der Waals surface area contributed by atoms with Crippen LogP contribution in [0.15, 0.2) is 22.7 Å². The third kappa shape index (κ3) is 3.18. The van der Waals surface area contributed by atoms with Gasteiger partial charge in [-0.15, -0.1) is 11.8 Å². The van der Waals surface area contributed by atoms with Gasteiger partial charge >= 0.3 is 5.97 Å². The van der Waals surface area contributed by atoms with E-state index < -0.39 is 12.0 Å². The molecule has 1 amide bonds. The summed E-state index contributed by atoms with van der Waals surface area (Å²) in [5.41, 5.74) is 6.70. The van der Waals surface area contributed by atoms with Gasteiger partial charge in [-0.3, -0.25) is 4.79 Å². The zero-order chi connectivity index (χ0) is 15.7. The van der Waals surface area contributed by atoms with Crippen LogP contribution in [0.2, 0.25) is 0 Å². The highest BCUT2D eigenvalue weighted by Crippen LogP contribution is 2.35. The lowest BCUT2D eigenvalue weighted by molar-refractivity contribution is -0.141. The number of hydrogen-bond donors (Lipinski definition) is 2. The number of carbonyl (C=O) groups is 2. The van der Waals surface area contributed by atoms with E-state index in [9.17, 15) is 14.7 Å². The molecule has 2 rings (SSSR count). The molecule has 21 heavy (non-hydrogen) atoms. The second kappa shape index (κ2) is 6.27. The van der Waals surface area contributed by atoms with Gasteiger partial charge in [0.2, 0.25) is 0 Å². The first-order chi connectivity index (χ1) is 9.82. The van der Waals surface area contributed by atoms with E-state index in [2.05, 4.69) is 15.9 Å². The number of nitrogen functional groups attached to an aromatic ring is 1. The van der Waals surface area contributed by atoms with Crippen LogP contribution in [0.25, 0.3) is 0 Å². The van der Waals surface area contributed by atoms with Crippen molar-refractivity contribution in [2.24, 2.45) is 5.92 Å². The van der Waals surface area contributed by atoms with Gasteiger partial charge in [-0.05, 0) is 40.0 Å². The van der Waals surface area contributed by atoms with Crippen LogP contribution < -0.4 is 5.73 Å². The lowest BCUT2D eigenvalue weighted by Crippen LogP contribution is -2.47. The number of halogens is 1. The van der Waals surface area contributed by atoms with E-state index in [0.29, 0.717) is 21.5 Å². The van der Waals surface area contributed by atoms with Gasteiger partial charge in [0.05, 0.1) is 5.37 Å². The van der Waals surface area contributed by atoms with Crippen molar-refractivity contribution in [2.75, 3.05) is 11.5 Å². The average Bonchev–Trinajstić information content (AvgIpc) is 2.86. The molecule has 0 radical (unpaired) electrons. The SMILES string of the molecule is CC(C)C1SCC(C(=O)O)N1C(=O)c1ccc(N)c(Br)c1. The van der Waals surface area contributed by atoms with Crippen LogP contribution in [0.5, 0.6) is 0 Å². The second-order valence-electron chi connectivity index (χ2n) is 5.27. The molecule has 0 saturated carbocycles. The van der Waals surface area contributed by atoms with Crippen molar-refractivity contribution < 1.29 is 14.7 Å². The van der Waals surface area contributed by atoms with Crippen molar-refractivity contribution in [3.05, 3.63) is 28.2 Å². The van der Waals surface area contributed by atoms with Crippen LogP contribution in [-0.4, -0.2) is 39.1 Å². The average molecular weight is 373 g/mol. The summed E-state index contributed by atoms with van der Waals surface area (Å²) in [6.07, 6.45) is 0. The Labute approximate surface area is 136 Å². The maximum absolute atomic E-state index is 12.7.